The van der Waals surface area contributed by atoms with Gasteiger partial charge in [0.05, 0.1) is 16.6 Å². The summed E-state index contributed by atoms with van der Waals surface area (Å²) in [5, 5.41) is 19.5. The SMILES string of the molecule is Cc1nc(N(C)c2ccc(C#N)cc2)ccc1[N+](=O)[O-]. The summed E-state index contributed by atoms with van der Waals surface area (Å²) in [6, 6.07) is 12.1. The second-order valence-corrected chi connectivity index (χ2v) is 4.25. The van der Waals surface area contributed by atoms with E-state index >= 15 is 0 Å². The Morgan fingerprint density at radius 3 is 2.40 bits per heavy atom. The smallest absolute Gasteiger partial charge is 0.290 e. The first-order chi connectivity index (χ1) is 9.52. The second kappa shape index (κ2) is 5.36. The topological polar surface area (TPSA) is 83.1 Å². The van der Waals surface area contributed by atoms with Crippen LogP contribution in [0.3, 0.4) is 0 Å². The van der Waals surface area contributed by atoms with E-state index in [-0.39, 0.29) is 5.69 Å². The average molecular weight is 268 g/mol. The Morgan fingerprint density at radius 2 is 1.90 bits per heavy atom. The molecular weight excluding hydrogens is 256 g/mol. The highest BCUT2D eigenvalue weighted by atomic mass is 16.6. The van der Waals surface area contributed by atoms with Crippen LogP contribution in [0.15, 0.2) is 36.4 Å². The van der Waals surface area contributed by atoms with Crippen molar-refractivity contribution in [1.29, 1.82) is 5.26 Å². The summed E-state index contributed by atoms with van der Waals surface area (Å²) in [6.45, 7) is 1.61. The van der Waals surface area contributed by atoms with E-state index in [4.69, 9.17) is 5.26 Å². The molecule has 0 saturated carbocycles. The number of nitrogens with zero attached hydrogens (tertiary/aromatic N) is 4. The molecule has 20 heavy (non-hydrogen) atoms. The van der Waals surface area contributed by atoms with E-state index in [1.165, 1.54) is 6.07 Å². The number of aromatic nitrogens is 1. The zero-order chi connectivity index (χ0) is 14.7. The molecule has 0 radical (unpaired) electrons. The number of benzene rings is 1. The third-order valence-electron chi connectivity index (χ3n) is 2.97. The first-order valence-corrected chi connectivity index (χ1v) is 5.89. The monoisotopic (exact) mass is 268 g/mol. The summed E-state index contributed by atoms with van der Waals surface area (Å²) in [5.74, 6) is 0.609. The Bertz CT molecular complexity index is 689. The van der Waals surface area contributed by atoms with Crippen LogP contribution >= 0.6 is 0 Å². The molecule has 6 heteroatoms. The van der Waals surface area contributed by atoms with Gasteiger partial charge in [-0.3, -0.25) is 10.1 Å². The maximum Gasteiger partial charge on any atom is 0.290 e. The number of nitro groups is 1. The van der Waals surface area contributed by atoms with Crippen molar-refractivity contribution in [2.75, 3.05) is 11.9 Å². The van der Waals surface area contributed by atoms with Crippen molar-refractivity contribution < 1.29 is 4.92 Å². The normalized spacial score (nSPS) is 9.85. The van der Waals surface area contributed by atoms with Crippen LogP contribution in [0.2, 0.25) is 0 Å². The summed E-state index contributed by atoms with van der Waals surface area (Å²) in [6.07, 6.45) is 0. The van der Waals surface area contributed by atoms with Gasteiger partial charge in [0, 0.05) is 18.8 Å². The number of pyridine rings is 1. The van der Waals surface area contributed by atoms with Crippen molar-refractivity contribution in [3.8, 4) is 6.07 Å². The molecule has 100 valence electrons. The van der Waals surface area contributed by atoms with Crippen molar-refractivity contribution in [3.05, 3.63) is 57.8 Å². The Morgan fingerprint density at radius 1 is 1.25 bits per heavy atom. The van der Waals surface area contributed by atoms with Gasteiger partial charge in [-0.1, -0.05) is 0 Å². The van der Waals surface area contributed by atoms with Crippen molar-refractivity contribution in [2.24, 2.45) is 0 Å². The quantitative estimate of drug-likeness (QED) is 0.631. The van der Waals surface area contributed by atoms with Gasteiger partial charge >= 0.3 is 0 Å². The largest absolute Gasteiger partial charge is 0.329 e. The van der Waals surface area contributed by atoms with Crippen LogP contribution in [0.1, 0.15) is 11.3 Å². The van der Waals surface area contributed by atoms with Crippen LogP contribution in [0.5, 0.6) is 0 Å². The molecule has 0 amide bonds. The number of hydrogen-bond acceptors (Lipinski definition) is 5. The van der Waals surface area contributed by atoms with Gasteiger partial charge in [-0.05, 0) is 37.3 Å². The summed E-state index contributed by atoms with van der Waals surface area (Å²) in [4.78, 5) is 16.4. The maximum atomic E-state index is 10.8. The zero-order valence-corrected chi connectivity index (χ0v) is 11.1. The Labute approximate surface area is 116 Å². The first kappa shape index (κ1) is 13.5. The van der Waals surface area contributed by atoms with E-state index in [2.05, 4.69) is 11.1 Å². The average Bonchev–Trinajstić information content (AvgIpc) is 2.46. The van der Waals surface area contributed by atoms with E-state index in [0.717, 1.165) is 5.69 Å². The molecule has 0 saturated heterocycles. The highest BCUT2D eigenvalue weighted by Crippen LogP contribution is 2.25. The lowest BCUT2D eigenvalue weighted by Crippen LogP contribution is -2.12. The fraction of sp³-hybridized carbons (Fsp3) is 0.143. The molecular formula is C14H12N4O2. The van der Waals surface area contributed by atoms with Gasteiger partial charge in [0.25, 0.3) is 5.69 Å². The summed E-state index contributed by atoms with van der Waals surface area (Å²) < 4.78 is 0. The minimum absolute atomic E-state index is 0.00183. The molecule has 0 aliphatic carbocycles. The van der Waals surface area contributed by atoms with Crippen LogP contribution in [0.4, 0.5) is 17.2 Å². The summed E-state index contributed by atoms with van der Waals surface area (Å²) in [7, 11) is 1.81. The Balaban J connectivity index is 2.33. The number of hydrogen-bond donors (Lipinski definition) is 0. The molecule has 0 bridgehead atoms. The summed E-state index contributed by atoms with van der Waals surface area (Å²) in [5.41, 5.74) is 1.80. The van der Waals surface area contributed by atoms with Crippen LogP contribution in [-0.2, 0) is 0 Å². The Hall–Kier alpha value is -2.94. The predicted octanol–water partition coefficient (Wildman–Crippen LogP) is 2.94. The van der Waals surface area contributed by atoms with Gasteiger partial charge in [-0.15, -0.1) is 0 Å². The zero-order valence-electron chi connectivity index (χ0n) is 11.1. The third-order valence-corrected chi connectivity index (χ3v) is 2.97. The lowest BCUT2D eigenvalue weighted by molar-refractivity contribution is -0.385. The molecule has 2 rings (SSSR count). The van der Waals surface area contributed by atoms with Gasteiger partial charge in [0.15, 0.2) is 0 Å². The molecule has 0 fully saturated rings. The highest BCUT2D eigenvalue weighted by Gasteiger charge is 2.14. The molecule has 0 N–H and O–H groups in total. The predicted molar refractivity (Wildman–Crippen MR) is 74.8 cm³/mol. The standard InChI is InChI=1S/C14H12N4O2/c1-10-13(18(19)20)7-8-14(16-10)17(2)12-5-3-11(9-15)4-6-12/h3-8H,1-2H3. The molecule has 2 aromatic rings. The third kappa shape index (κ3) is 2.57. The second-order valence-electron chi connectivity index (χ2n) is 4.25. The molecule has 6 nitrogen and oxygen atoms in total. The van der Waals surface area contributed by atoms with Gasteiger partial charge in [0.2, 0.25) is 0 Å². The molecule has 1 heterocycles. The fourth-order valence-electron chi connectivity index (χ4n) is 1.81. The van der Waals surface area contributed by atoms with Crippen molar-refractivity contribution in [1.82, 2.24) is 4.98 Å². The van der Waals surface area contributed by atoms with Crippen LogP contribution in [0.25, 0.3) is 0 Å². The van der Waals surface area contributed by atoms with E-state index in [1.807, 2.05) is 7.05 Å². The van der Waals surface area contributed by atoms with E-state index in [1.54, 1.807) is 42.2 Å². The molecule has 1 aromatic carbocycles. The van der Waals surface area contributed by atoms with Gasteiger partial charge in [0.1, 0.15) is 11.5 Å². The van der Waals surface area contributed by atoms with Crippen LogP contribution in [0, 0.1) is 28.4 Å². The first-order valence-electron chi connectivity index (χ1n) is 5.89. The molecule has 0 atom stereocenters. The van der Waals surface area contributed by atoms with E-state index in [9.17, 15) is 10.1 Å². The minimum Gasteiger partial charge on any atom is -0.329 e. The Kier molecular flexibility index (Phi) is 3.62. The van der Waals surface area contributed by atoms with Gasteiger partial charge in [-0.25, -0.2) is 4.98 Å². The maximum absolute atomic E-state index is 10.8. The van der Waals surface area contributed by atoms with Crippen molar-refractivity contribution >= 4 is 17.2 Å². The van der Waals surface area contributed by atoms with E-state index in [0.29, 0.717) is 17.1 Å². The highest BCUT2D eigenvalue weighted by molar-refractivity contribution is 5.61. The lowest BCUT2D eigenvalue weighted by atomic mass is 10.2. The molecule has 0 unspecified atom stereocenters. The minimum atomic E-state index is -0.451. The van der Waals surface area contributed by atoms with Crippen LogP contribution < -0.4 is 4.90 Å². The fourth-order valence-corrected chi connectivity index (χ4v) is 1.81. The summed E-state index contributed by atoms with van der Waals surface area (Å²) >= 11 is 0. The lowest BCUT2D eigenvalue weighted by Gasteiger charge is -2.18. The molecule has 0 aliphatic heterocycles. The number of anilines is 2. The number of nitriles is 1. The van der Waals surface area contributed by atoms with Gasteiger partial charge in [-0.2, -0.15) is 5.26 Å². The van der Waals surface area contributed by atoms with Crippen molar-refractivity contribution in [2.45, 2.75) is 6.92 Å². The van der Waals surface area contributed by atoms with E-state index < -0.39 is 4.92 Å². The molecule has 0 aliphatic rings. The number of rotatable bonds is 3. The van der Waals surface area contributed by atoms with Gasteiger partial charge < -0.3 is 4.90 Å². The number of aryl methyl sites for hydroxylation is 1. The molecule has 0 spiro atoms. The van der Waals surface area contributed by atoms with Crippen LogP contribution in [-0.4, -0.2) is 17.0 Å². The molecule has 1 aromatic heterocycles. The van der Waals surface area contributed by atoms with Crippen molar-refractivity contribution in [3.63, 3.8) is 0 Å².